The molecule has 1 aromatic heterocycles. The molecule has 5 heteroatoms. The van der Waals surface area contributed by atoms with E-state index in [1.54, 1.807) is 21.0 Å². The highest BCUT2D eigenvalue weighted by molar-refractivity contribution is 6.30. The highest BCUT2D eigenvalue weighted by Crippen LogP contribution is 2.42. The van der Waals surface area contributed by atoms with Gasteiger partial charge in [-0.2, -0.15) is 0 Å². The first kappa shape index (κ1) is 18.3. The third-order valence-corrected chi connectivity index (χ3v) is 5.50. The van der Waals surface area contributed by atoms with Crippen molar-refractivity contribution in [2.24, 2.45) is 0 Å². The van der Waals surface area contributed by atoms with Crippen LogP contribution < -0.4 is 4.74 Å². The number of H-pyrrole nitrogens is 1. The van der Waals surface area contributed by atoms with Crippen LogP contribution in [0.3, 0.4) is 0 Å². The van der Waals surface area contributed by atoms with Gasteiger partial charge in [0.25, 0.3) is 0 Å². The lowest BCUT2D eigenvalue weighted by Gasteiger charge is -2.40. The van der Waals surface area contributed by atoms with Gasteiger partial charge in [0, 0.05) is 40.8 Å². The largest absolute Gasteiger partial charge is 0.496 e. The Balaban J connectivity index is 1.90. The molecule has 4 rings (SSSR count). The smallest absolute Gasteiger partial charge is 0.125 e. The van der Waals surface area contributed by atoms with Gasteiger partial charge in [0.1, 0.15) is 11.4 Å². The summed E-state index contributed by atoms with van der Waals surface area (Å²) in [6.07, 6.45) is 2.87. The molecular weight excluding hydrogens is 363 g/mol. The molecule has 1 aliphatic heterocycles. The number of hydrogen-bond donors (Lipinski definition) is 1. The Morgan fingerprint density at radius 1 is 1.22 bits per heavy atom. The molecular formula is C22H24ClFN2O. The summed E-state index contributed by atoms with van der Waals surface area (Å²) in [7, 11) is 1.65. The van der Waals surface area contributed by atoms with Gasteiger partial charge in [0.05, 0.1) is 13.2 Å². The molecule has 1 atom stereocenters. The summed E-state index contributed by atoms with van der Waals surface area (Å²) in [6.45, 7) is 4.41. The number of alkyl halides is 1. The summed E-state index contributed by atoms with van der Waals surface area (Å²) < 4.78 is 20.2. The van der Waals surface area contributed by atoms with E-state index in [1.807, 2.05) is 24.4 Å². The quantitative estimate of drug-likeness (QED) is 0.639. The summed E-state index contributed by atoms with van der Waals surface area (Å²) >= 11 is 6.18. The van der Waals surface area contributed by atoms with E-state index in [0.29, 0.717) is 11.6 Å². The van der Waals surface area contributed by atoms with Crippen LogP contribution in [0, 0.1) is 0 Å². The molecule has 0 radical (unpaired) electrons. The van der Waals surface area contributed by atoms with Crippen molar-refractivity contribution >= 4 is 22.5 Å². The van der Waals surface area contributed by atoms with Crippen molar-refractivity contribution in [1.82, 2.24) is 9.88 Å². The van der Waals surface area contributed by atoms with Crippen molar-refractivity contribution in [3.8, 4) is 5.75 Å². The average Bonchev–Trinajstić information content (AvgIpc) is 3.09. The lowest BCUT2D eigenvalue weighted by Crippen LogP contribution is -2.43. The van der Waals surface area contributed by atoms with E-state index in [9.17, 15) is 4.39 Å². The topological polar surface area (TPSA) is 28.3 Å². The summed E-state index contributed by atoms with van der Waals surface area (Å²) in [5, 5.41) is 1.87. The first-order valence-electron chi connectivity index (χ1n) is 9.22. The van der Waals surface area contributed by atoms with Crippen molar-refractivity contribution in [2.75, 3.05) is 20.2 Å². The van der Waals surface area contributed by atoms with Crippen LogP contribution in [0.5, 0.6) is 5.75 Å². The van der Waals surface area contributed by atoms with Gasteiger partial charge in [0.2, 0.25) is 0 Å². The van der Waals surface area contributed by atoms with E-state index in [1.165, 1.54) is 16.5 Å². The molecule has 3 nitrogen and oxygen atoms in total. The Morgan fingerprint density at radius 3 is 2.74 bits per heavy atom. The van der Waals surface area contributed by atoms with E-state index in [2.05, 4.69) is 28.1 Å². The Labute approximate surface area is 164 Å². The minimum Gasteiger partial charge on any atom is -0.496 e. The molecule has 0 saturated heterocycles. The molecule has 142 valence electrons. The van der Waals surface area contributed by atoms with Crippen LogP contribution in [-0.2, 0) is 6.42 Å². The van der Waals surface area contributed by atoms with Crippen molar-refractivity contribution in [3.05, 3.63) is 64.3 Å². The maximum Gasteiger partial charge on any atom is 0.125 e. The highest BCUT2D eigenvalue weighted by Gasteiger charge is 2.35. The highest BCUT2D eigenvalue weighted by atomic mass is 35.5. The van der Waals surface area contributed by atoms with Gasteiger partial charge in [-0.3, -0.25) is 4.90 Å². The first-order chi connectivity index (χ1) is 12.9. The fraction of sp³-hybridized carbons (Fsp3) is 0.364. The van der Waals surface area contributed by atoms with Crippen LogP contribution in [0.2, 0.25) is 5.02 Å². The fourth-order valence-corrected chi connectivity index (χ4v) is 4.42. The maximum atomic E-state index is 14.6. The minimum absolute atomic E-state index is 0.0738. The second kappa shape index (κ2) is 6.84. The molecule has 1 aliphatic rings. The predicted octanol–water partition coefficient (Wildman–Crippen LogP) is 5.53. The third kappa shape index (κ3) is 3.44. The number of rotatable bonds is 4. The summed E-state index contributed by atoms with van der Waals surface area (Å²) in [5.74, 6) is 0.733. The number of aromatic nitrogens is 1. The van der Waals surface area contributed by atoms with E-state index >= 15 is 0 Å². The average molecular weight is 387 g/mol. The number of nitrogens with one attached hydrogen (secondary N) is 1. The van der Waals surface area contributed by atoms with E-state index in [-0.39, 0.29) is 6.04 Å². The number of halogens is 2. The number of aromatic amines is 1. The molecule has 0 spiro atoms. The number of nitrogens with zero attached hydrogens (tertiary/aromatic N) is 1. The Hall–Kier alpha value is -2.04. The molecule has 3 aromatic rings. The van der Waals surface area contributed by atoms with Crippen LogP contribution >= 0.6 is 11.6 Å². The zero-order valence-electron chi connectivity index (χ0n) is 15.9. The molecule has 0 bridgehead atoms. The number of benzene rings is 2. The number of methoxy groups -OCH3 is 1. The van der Waals surface area contributed by atoms with Crippen molar-refractivity contribution < 1.29 is 9.13 Å². The molecule has 27 heavy (non-hydrogen) atoms. The Morgan fingerprint density at radius 2 is 2.00 bits per heavy atom. The van der Waals surface area contributed by atoms with E-state index < -0.39 is 5.67 Å². The monoisotopic (exact) mass is 386 g/mol. The second-order valence-electron chi connectivity index (χ2n) is 7.80. The molecule has 1 N–H and O–H groups in total. The van der Waals surface area contributed by atoms with Gasteiger partial charge < -0.3 is 9.72 Å². The number of hydrogen-bond acceptors (Lipinski definition) is 2. The molecule has 0 amide bonds. The van der Waals surface area contributed by atoms with Crippen LogP contribution in [0.25, 0.3) is 10.9 Å². The summed E-state index contributed by atoms with van der Waals surface area (Å²) in [4.78, 5) is 5.50. The van der Waals surface area contributed by atoms with Crippen LogP contribution in [0.1, 0.15) is 36.6 Å². The SMILES string of the molecule is COc1cc(Cl)ccc1C1c2ccc3[nH]ccc3c2CCN1CC(C)(C)F. The zero-order valence-corrected chi connectivity index (χ0v) is 16.6. The van der Waals surface area contributed by atoms with Crippen LogP contribution in [0.4, 0.5) is 4.39 Å². The van der Waals surface area contributed by atoms with Gasteiger partial charge in [-0.1, -0.05) is 23.7 Å². The van der Waals surface area contributed by atoms with E-state index in [4.69, 9.17) is 16.3 Å². The van der Waals surface area contributed by atoms with Gasteiger partial charge in [-0.25, -0.2) is 4.39 Å². The van der Waals surface area contributed by atoms with Crippen LogP contribution in [0.15, 0.2) is 42.6 Å². The molecule has 1 unspecified atom stereocenters. The first-order valence-corrected chi connectivity index (χ1v) is 9.60. The van der Waals surface area contributed by atoms with Gasteiger partial charge in [-0.15, -0.1) is 0 Å². The van der Waals surface area contributed by atoms with Crippen molar-refractivity contribution in [2.45, 2.75) is 32.0 Å². The van der Waals surface area contributed by atoms with Gasteiger partial charge in [0.15, 0.2) is 0 Å². The predicted molar refractivity (Wildman–Crippen MR) is 109 cm³/mol. The Bertz CT molecular complexity index is 976. The van der Waals surface area contributed by atoms with Crippen molar-refractivity contribution in [3.63, 3.8) is 0 Å². The van der Waals surface area contributed by atoms with E-state index in [0.717, 1.165) is 29.8 Å². The maximum absolute atomic E-state index is 14.6. The second-order valence-corrected chi connectivity index (χ2v) is 8.24. The Kier molecular flexibility index (Phi) is 4.65. The number of fused-ring (bicyclic) bond motifs is 3. The standard InChI is InChI=1S/C22H24ClFN2O/c1-22(2,24)13-26-11-9-15-16-8-10-25-19(16)7-6-17(15)21(26)18-5-4-14(23)12-20(18)27-3/h4-8,10,12,21,25H,9,11,13H2,1-3H3. The van der Waals surface area contributed by atoms with Crippen LogP contribution in [-0.4, -0.2) is 35.8 Å². The minimum atomic E-state index is -1.28. The molecule has 2 aromatic carbocycles. The summed E-state index contributed by atoms with van der Waals surface area (Å²) in [6, 6.07) is 12.0. The summed E-state index contributed by atoms with van der Waals surface area (Å²) in [5.41, 5.74) is 3.40. The number of ether oxygens (including phenoxy) is 1. The molecule has 2 heterocycles. The lowest BCUT2D eigenvalue weighted by molar-refractivity contribution is 0.0991. The van der Waals surface area contributed by atoms with Gasteiger partial charge in [-0.05, 0) is 55.7 Å². The fourth-order valence-electron chi connectivity index (χ4n) is 4.26. The van der Waals surface area contributed by atoms with Gasteiger partial charge >= 0.3 is 0 Å². The van der Waals surface area contributed by atoms with Crippen molar-refractivity contribution in [1.29, 1.82) is 0 Å². The third-order valence-electron chi connectivity index (χ3n) is 5.26. The molecule has 0 saturated carbocycles. The lowest BCUT2D eigenvalue weighted by atomic mass is 9.85. The zero-order chi connectivity index (χ0) is 19.2. The molecule has 0 aliphatic carbocycles. The molecule has 0 fully saturated rings. The normalized spacial score (nSPS) is 17.9.